The molecule has 0 aromatic heterocycles. The van der Waals surface area contributed by atoms with Crippen molar-refractivity contribution in [2.45, 2.75) is 20.1 Å². The van der Waals surface area contributed by atoms with E-state index in [1.807, 2.05) is 13.8 Å². The van der Waals surface area contributed by atoms with Crippen LogP contribution in [0, 0.1) is 5.92 Å². The van der Waals surface area contributed by atoms with Gasteiger partial charge in [-0.05, 0) is 13.8 Å². The van der Waals surface area contributed by atoms with E-state index in [-0.39, 0.29) is 5.92 Å². The van der Waals surface area contributed by atoms with Crippen LogP contribution in [0.15, 0.2) is 0 Å². The molecule has 1 atom stereocenters. The Bertz CT molecular complexity index is 113. The molecule has 0 bridgehead atoms. The molecule has 0 rings (SSSR count). The van der Waals surface area contributed by atoms with E-state index in [1.165, 1.54) is 0 Å². The first-order chi connectivity index (χ1) is 5.79. The monoisotopic (exact) mass is 238 g/mol. The summed E-state index contributed by atoms with van der Waals surface area (Å²) in [5.74, 6) is -0.218. The fourth-order valence-corrected chi connectivity index (χ4v) is 1.25. The van der Waals surface area contributed by atoms with Crippen molar-refractivity contribution in [3.05, 3.63) is 0 Å². The molecule has 0 aliphatic carbocycles. The van der Waals surface area contributed by atoms with Gasteiger partial charge in [0.15, 0.2) is 6.29 Å². The molecule has 0 aliphatic heterocycles. The predicted molar refractivity (Wildman–Crippen MR) is 50.4 cm³/mol. The van der Waals surface area contributed by atoms with E-state index in [2.05, 4.69) is 15.9 Å². The van der Waals surface area contributed by atoms with Crippen molar-refractivity contribution in [2.75, 3.05) is 18.5 Å². The molecule has 0 aliphatic rings. The Hall–Kier alpha value is 0.0700. The molecule has 3 nitrogen and oxygen atoms in total. The van der Waals surface area contributed by atoms with Crippen molar-refractivity contribution < 1.29 is 14.3 Å². The Labute approximate surface area is 81.6 Å². The second kappa shape index (κ2) is 7.71. The number of halogens is 1. The third-order valence-corrected chi connectivity index (χ3v) is 2.11. The van der Waals surface area contributed by atoms with Crippen LogP contribution in [0.4, 0.5) is 0 Å². The lowest BCUT2D eigenvalue weighted by atomic mass is 10.2. The van der Waals surface area contributed by atoms with E-state index < -0.39 is 6.29 Å². The molecular weight excluding hydrogens is 224 g/mol. The van der Waals surface area contributed by atoms with Crippen LogP contribution < -0.4 is 0 Å². The molecule has 0 saturated carbocycles. The van der Waals surface area contributed by atoms with Gasteiger partial charge in [-0.2, -0.15) is 0 Å². The molecule has 0 aromatic rings. The largest absolute Gasteiger partial charge is 0.352 e. The maximum atomic E-state index is 10.5. The summed E-state index contributed by atoms with van der Waals surface area (Å²) in [5, 5.41) is 0.571. The van der Waals surface area contributed by atoms with Crippen molar-refractivity contribution >= 4 is 22.2 Å². The second-order valence-electron chi connectivity index (χ2n) is 2.23. The van der Waals surface area contributed by atoms with Crippen LogP contribution in [0.5, 0.6) is 0 Å². The Balaban J connectivity index is 3.94. The van der Waals surface area contributed by atoms with Crippen LogP contribution in [0.25, 0.3) is 0 Å². The lowest BCUT2D eigenvalue weighted by Gasteiger charge is -2.20. The first-order valence-corrected chi connectivity index (χ1v) is 5.16. The summed E-state index contributed by atoms with van der Waals surface area (Å²) in [6.45, 7) is 4.87. The van der Waals surface area contributed by atoms with Gasteiger partial charge < -0.3 is 14.3 Å². The lowest BCUT2D eigenvalue weighted by Crippen LogP contribution is -2.29. The summed E-state index contributed by atoms with van der Waals surface area (Å²) in [6, 6.07) is 0. The minimum atomic E-state index is -0.406. The zero-order valence-electron chi connectivity index (χ0n) is 7.46. The number of rotatable bonds is 7. The van der Waals surface area contributed by atoms with Crippen molar-refractivity contribution in [2.24, 2.45) is 5.92 Å². The van der Waals surface area contributed by atoms with Gasteiger partial charge in [0.2, 0.25) is 0 Å². The zero-order chi connectivity index (χ0) is 9.40. The lowest BCUT2D eigenvalue weighted by molar-refractivity contribution is -0.164. The highest BCUT2D eigenvalue weighted by Crippen LogP contribution is 2.10. The molecule has 1 unspecified atom stereocenters. The Kier molecular flexibility index (Phi) is 7.75. The van der Waals surface area contributed by atoms with Crippen LogP contribution >= 0.6 is 15.9 Å². The Morgan fingerprint density at radius 2 is 1.83 bits per heavy atom. The quantitative estimate of drug-likeness (QED) is 0.384. The predicted octanol–water partition coefficient (Wildman–Crippen LogP) is 1.60. The smallest absolute Gasteiger partial charge is 0.167 e. The highest BCUT2D eigenvalue weighted by Gasteiger charge is 2.20. The Morgan fingerprint density at radius 3 is 2.08 bits per heavy atom. The molecule has 0 amide bonds. The van der Waals surface area contributed by atoms with Gasteiger partial charge in [0.05, 0.1) is 5.92 Å². The minimum absolute atomic E-state index is 0.218. The van der Waals surface area contributed by atoms with Gasteiger partial charge in [0, 0.05) is 18.5 Å². The molecule has 72 valence electrons. The molecule has 0 radical (unpaired) electrons. The van der Waals surface area contributed by atoms with Gasteiger partial charge in [-0.15, -0.1) is 0 Å². The molecule has 0 heterocycles. The zero-order valence-corrected chi connectivity index (χ0v) is 9.04. The molecule has 12 heavy (non-hydrogen) atoms. The van der Waals surface area contributed by atoms with Gasteiger partial charge in [0.1, 0.15) is 6.29 Å². The normalized spacial score (nSPS) is 13.3. The van der Waals surface area contributed by atoms with E-state index >= 15 is 0 Å². The first-order valence-electron chi connectivity index (χ1n) is 4.04. The number of hydrogen-bond acceptors (Lipinski definition) is 3. The molecule has 4 heteroatoms. The SMILES string of the molecule is CCOC(OCC)C(C=O)CBr. The van der Waals surface area contributed by atoms with Gasteiger partial charge >= 0.3 is 0 Å². The van der Waals surface area contributed by atoms with Crippen molar-refractivity contribution in [3.8, 4) is 0 Å². The van der Waals surface area contributed by atoms with E-state index in [4.69, 9.17) is 9.47 Å². The molecule has 0 N–H and O–H groups in total. The van der Waals surface area contributed by atoms with Crippen molar-refractivity contribution in [3.63, 3.8) is 0 Å². The van der Waals surface area contributed by atoms with Crippen LogP contribution in [0.3, 0.4) is 0 Å². The topological polar surface area (TPSA) is 35.5 Å². The van der Waals surface area contributed by atoms with Crippen LogP contribution in [0.2, 0.25) is 0 Å². The molecule has 0 spiro atoms. The summed E-state index contributed by atoms with van der Waals surface area (Å²) < 4.78 is 10.5. The fourth-order valence-electron chi connectivity index (χ4n) is 0.797. The summed E-state index contributed by atoms with van der Waals surface area (Å²) in [4.78, 5) is 10.5. The van der Waals surface area contributed by atoms with Crippen LogP contribution in [0.1, 0.15) is 13.8 Å². The van der Waals surface area contributed by atoms with Gasteiger partial charge in [-0.25, -0.2) is 0 Å². The highest BCUT2D eigenvalue weighted by molar-refractivity contribution is 9.09. The third kappa shape index (κ3) is 4.18. The average molecular weight is 239 g/mol. The molecule has 0 aromatic carbocycles. The van der Waals surface area contributed by atoms with Gasteiger partial charge in [-0.3, -0.25) is 0 Å². The minimum Gasteiger partial charge on any atom is -0.352 e. The van der Waals surface area contributed by atoms with Gasteiger partial charge in [-0.1, -0.05) is 15.9 Å². The van der Waals surface area contributed by atoms with E-state index in [0.717, 1.165) is 6.29 Å². The van der Waals surface area contributed by atoms with E-state index in [0.29, 0.717) is 18.5 Å². The van der Waals surface area contributed by atoms with Crippen molar-refractivity contribution in [1.82, 2.24) is 0 Å². The van der Waals surface area contributed by atoms with Crippen molar-refractivity contribution in [1.29, 1.82) is 0 Å². The second-order valence-corrected chi connectivity index (χ2v) is 2.88. The maximum Gasteiger partial charge on any atom is 0.167 e. The fraction of sp³-hybridized carbons (Fsp3) is 0.875. The third-order valence-electron chi connectivity index (χ3n) is 1.36. The maximum absolute atomic E-state index is 10.5. The molecule has 0 saturated heterocycles. The highest BCUT2D eigenvalue weighted by atomic mass is 79.9. The summed E-state index contributed by atoms with van der Waals surface area (Å²) in [5.41, 5.74) is 0. The standard InChI is InChI=1S/C8H15BrO3/c1-3-11-8(12-4-2)7(5-9)6-10/h6-8H,3-5H2,1-2H3. The number of ether oxygens (including phenoxy) is 2. The van der Waals surface area contributed by atoms with E-state index in [9.17, 15) is 4.79 Å². The van der Waals surface area contributed by atoms with Gasteiger partial charge in [0.25, 0.3) is 0 Å². The number of carbonyl (C=O) groups is 1. The summed E-state index contributed by atoms with van der Waals surface area (Å²) >= 11 is 3.23. The van der Waals surface area contributed by atoms with E-state index in [1.54, 1.807) is 0 Å². The number of carbonyl (C=O) groups excluding carboxylic acids is 1. The number of alkyl halides is 1. The average Bonchev–Trinajstić information content (AvgIpc) is 2.07. The Morgan fingerprint density at radius 1 is 1.33 bits per heavy atom. The van der Waals surface area contributed by atoms with Crippen LogP contribution in [-0.4, -0.2) is 31.1 Å². The molecule has 0 fully saturated rings. The first kappa shape index (κ1) is 12.1. The number of aldehydes is 1. The number of hydrogen-bond donors (Lipinski definition) is 0. The van der Waals surface area contributed by atoms with Crippen LogP contribution in [-0.2, 0) is 14.3 Å². The molecular formula is C8H15BrO3. The summed E-state index contributed by atoms with van der Waals surface area (Å²) in [6.07, 6.45) is 0.446. The summed E-state index contributed by atoms with van der Waals surface area (Å²) in [7, 11) is 0.